The van der Waals surface area contributed by atoms with Crippen molar-refractivity contribution in [1.29, 1.82) is 0 Å². The van der Waals surface area contributed by atoms with Gasteiger partial charge in [0.1, 0.15) is 0 Å². The summed E-state index contributed by atoms with van der Waals surface area (Å²) in [4.78, 5) is 10.3. The van der Waals surface area contributed by atoms with Gasteiger partial charge in [0.2, 0.25) is 0 Å². The molecule has 0 unspecified atom stereocenters. The fraction of sp³-hybridized carbons (Fsp3) is 0.400. The van der Waals surface area contributed by atoms with Crippen LogP contribution in [0, 0.1) is 17.0 Å². The Kier molecular flexibility index (Phi) is 3.52. The maximum Gasteiger partial charge on any atom is 0.312 e. The van der Waals surface area contributed by atoms with Gasteiger partial charge < -0.3 is 4.74 Å². The minimum atomic E-state index is -0.489. The van der Waals surface area contributed by atoms with Crippen molar-refractivity contribution in [2.75, 3.05) is 0 Å². The van der Waals surface area contributed by atoms with Crippen LogP contribution in [0.25, 0.3) is 0 Å². The normalized spacial score (nSPS) is 10.5. The molecule has 0 saturated heterocycles. The zero-order valence-corrected chi connectivity index (χ0v) is 9.54. The van der Waals surface area contributed by atoms with Crippen LogP contribution in [0.5, 0.6) is 5.75 Å². The highest BCUT2D eigenvalue weighted by atomic mass is 35.5. The Balaban J connectivity index is 3.27. The summed E-state index contributed by atoms with van der Waals surface area (Å²) in [6.07, 6.45) is -0.108. The molecule has 0 heterocycles. The van der Waals surface area contributed by atoms with Crippen molar-refractivity contribution in [2.45, 2.75) is 26.9 Å². The molecular weight excluding hydrogens is 218 g/mol. The predicted octanol–water partition coefficient (Wildman–Crippen LogP) is 3.34. The van der Waals surface area contributed by atoms with Gasteiger partial charge in [-0.25, -0.2) is 0 Å². The van der Waals surface area contributed by atoms with E-state index < -0.39 is 4.92 Å². The summed E-state index contributed by atoms with van der Waals surface area (Å²) in [5, 5.41) is 11.1. The fourth-order valence-corrected chi connectivity index (χ4v) is 1.50. The van der Waals surface area contributed by atoms with Crippen LogP contribution in [0.1, 0.15) is 19.4 Å². The third kappa shape index (κ3) is 2.83. The molecule has 5 heteroatoms. The van der Waals surface area contributed by atoms with Crippen molar-refractivity contribution < 1.29 is 9.66 Å². The topological polar surface area (TPSA) is 52.4 Å². The molecule has 0 spiro atoms. The molecule has 0 atom stereocenters. The van der Waals surface area contributed by atoms with E-state index in [0.29, 0.717) is 16.3 Å². The van der Waals surface area contributed by atoms with Gasteiger partial charge in [-0.1, -0.05) is 11.6 Å². The number of rotatable bonds is 3. The number of nitro groups is 1. The minimum absolute atomic E-state index is 0.0892. The van der Waals surface area contributed by atoms with Crippen LogP contribution in [0.15, 0.2) is 12.1 Å². The first-order valence-electron chi connectivity index (χ1n) is 4.53. The first kappa shape index (κ1) is 11.8. The van der Waals surface area contributed by atoms with E-state index in [1.807, 2.05) is 13.8 Å². The lowest BCUT2D eigenvalue weighted by Gasteiger charge is -2.12. The van der Waals surface area contributed by atoms with Crippen LogP contribution in [0.4, 0.5) is 5.69 Å². The van der Waals surface area contributed by atoms with Crippen molar-refractivity contribution in [1.82, 2.24) is 0 Å². The van der Waals surface area contributed by atoms with Crippen LogP contribution in [0.2, 0.25) is 5.02 Å². The molecule has 0 aromatic heterocycles. The maximum atomic E-state index is 10.8. The third-order valence-electron chi connectivity index (χ3n) is 1.77. The Morgan fingerprint density at radius 2 is 2.07 bits per heavy atom. The van der Waals surface area contributed by atoms with E-state index in [-0.39, 0.29) is 11.8 Å². The SMILES string of the molecule is Cc1cc(Cl)cc([N+](=O)[O-])c1OC(C)C. The van der Waals surface area contributed by atoms with Gasteiger partial charge >= 0.3 is 5.69 Å². The molecule has 0 fully saturated rings. The van der Waals surface area contributed by atoms with Gasteiger partial charge in [0.05, 0.1) is 11.0 Å². The molecule has 82 valence electrons. The van der Waals surface area contributed by atoms with E-state index in [2.05, 4.69) is 0 Å². The second-order valence-corrected chi connectivity index (χ2v) is 3.93. The van der Waals surface area contributed by atoms with Gasteiger partial charge in [-0.3, -0.25) is 10.1 Å². The third-order valence-corrected chi connectivity index (χ3v) is 1.99. The Morgan fingerprint density at radius 3 is 2.53 bits per heavy atom. The summed E-state index contributed by atoms with van der Waals surface area (Å²) < 4.78 is 5.39. The highest BCUT2D eigenvalue weighted by molar-refractivity contribution is 6.31. The predicted molar refractivity (Wildman–Crippen MR) is 58.6 cm³/mol. The number of ether oxygens (including phenoxy) is 1. The monoisotopic (exact) mass is 229 g/mol. The van der Waals surface area contributed by atoms with Crippen molar-refractivity contribution in [3.8, 4) is 5.75 Å². The molecular formula is C10H12ClNO3. The Morgan fingerprint density at radius 1 is 1.47 bits per heavy atom. The van der Waals surface area contributed by atoms with Crippen LogP contribution in [-0.4, -0.2) is 11.0 Å². The van der Waals surface area contributed by atoms with E-state index in [1.54, 1.807) is 13.0 Å². The highest BCUT2D eigenvalue weighted by Crippen LogP contribution is 2.34. The fourth-order valence-electron chi connectivity index (χ4n) is 1.24. The zero-order chi connectivity index (χ0) is 11.6. The number of hydrogen-bond donors (Lipinski definition) is 0. The van der Waals surface area contributed by atoms with Crippen LogP contribution in [-0.2, 0) is 0 Å². The molecule has 1 rings (SSSR count). The molecule has 0 N–H and O–H groups in total. The van der Waals surface area contributed by atoms with Crippen LogP contribution >= 0.6 is 11.6 Å². The largest absolute Gasteiger partial charge is 0.484 e. The second-order valence-electron chi connectivity index (χ2n) is 3.49. The van der Waals surface area contributed by atoms with Gasteiger partial charge in [0.15, 0.2) is 5.75 Å². The molecule has 0 aliphatic carbocycles. The molecule has 0 aliphatic heterocycles. The Labute approximate surface area is 93.0 Å². The summed E-state index contributed by atoms with van der Waals surface area (Å²) >= 11 is 5.74. The molecule has 0 radical (unpaired) electrons. The van der Waals surface area contributed by atoms with E-state index in [9.17, 15) is 10.1 Å². The number of aryl methyl sites for hydroxylation is 1. The molecule has 1 aromatic rings. The summed E-state index contributed by atoms with van der Waals surface area (Å²) in [6, 6.07) is 2.94. The average Bonchev–Trinajstić information content (AvgIpc) is 2.08. The second kappa shape index (κ2) is 4.49. The van der Waals surface area contributed by atoms with Gasteiger partial charge in [0, 0.05) is 11.1 Å². The van der Waals surface area contributed by atoms with Crippen molar-refractivity contribution in [3.05, 3.63) is 32.8 Å². The first-order chi connectivity index (χ1) is 6.91. The van der Waals surface area contributed by atoms with Gasteiger partial charge in [-0.2, -0.15) is 0 Å². The molecule has 0 aliphatic rings. The van der Waals surface area contributed by atoms with Crippen LogP contribution < -0.4 is 4.74 Å². The van der Waals surface area contributed by atoms with E-state index in [1.165, 1.54) is 6.07 Å². The smallest absolute Gasteiger partial charge is 0.312 e. The van der Waals surface area contributed by atoms with E-state index >= 15 is 0 Å². The molecule has 4 nitrogen and oxygen atoms in total. The number of hydrogen-bond acceptors (Lipinski definition) is 3. The molecule has 0 bridgehead atoms. The standard InChI is InChI=1S/C10H12ClNO3/c1-6(2)15-10-7(3)4-8(11)5-9(10)12(13)14/h4-6H,1-3H3. The minimum Gasteiger partial charge on any atom is -0.484 e. The zero-order valence-electron chi connectivity index (χ0n) is 8.78. The lowest BCUT2D eigenvalue weighted by molar-refractivity contribution is -0.386. The van der Waals surface area contributed by atoms with Crippen molar-refractivity contribution in [2.24, 2.45) is 0 Å². The lowest BCUT2D eigenvalue weighted by atomic mass is 10.2. The van der Waals surface area contributed by atoms with Gasteiger partial charge in [0.25, 0.3) is 0 Å². The Bertz CT molecular complexity index is 390. The van der Waals surface area contributed by atoms with Gasteiger partial charge in [-0.15, -0.1) is 0 Å². The molecule has 0 saturated carbocycles. The number of nitro benzene ring substituents is 1. The van der Waals surface area contributed by atoms with Crippen molar-refractivity contribution in [3.63, 3.8) is 0 Å². The average molecular weight is 230 g/mol. The van der Waals surface area contributed by atoms with Crippen molar-refractivity contribution >= 4 is 17.3 Å². The summed E-state index contributed by atoms with van der Waals surface area (Å²) in [6.45, 7) is 5.37. The molecule has 1 aromatic carbocycles. The van der Waals surface area contributed by atoms with E-state index in [4.69, 9.17) is 16.3 Å². The molecule has 15 heavy (non-hydrogen) atoms. The maximum absolute atomic E-state index is 10.8. The van der Waals surface area contributed by atoms with E-state index in [0.717, 1.165) is 0 Å². The summed E-state index contributed by atoms with van der Waals surface area (Å²) in [7, 11) is 0. The quantitative estimate of drug-likeness (QED) is 0.590. The van der Waals surface area contributed by atoms with Gasteiger partial charge in [-0.05, 0) is 32.4 Å². The Hall–Kier alpha value is -1.29. The highest BCUT2D eigenvalue weighted by Gasteiger charge is 2.19. The van der Waals surface area contributed by atoms with Crippen LogP contribution in [0.3, 0.4) is 0 Å². The number of halogens is 1. The number of nitrogens with zero attached hydrogens (tertiary/aromatic N) is 1. The number of benzene rings is 1. The molecule has 0 amide bonds. The summed E-state index contributed by atoms with van der Waals surface area (Å²) in [5.74, 6) is 0.291. The lowest BCUT2D eigenvalue weighted by Crippen LogP contribution is -2.08. The first-order valence-corrected chi connectivity index (χ1v) is 4.90. The summed E-state index contributed by atoms with van der Waals surface area (Å²) in [5.41, 5.74) is 0.580.